The lowest BCUT2D eigenvalue weighted by molar-refractivity contribution is 0.297. The molecule has 0 saturated carbocycles. The van der Waals surface area contributed by atoms with Gasteiger partial charge in [-0.05, 0) is 31.0 Å². The molecule has 0 unspecified atom stereocenters. The van der Waals surface area contributed by atoms with Gasteiger partial charge in [0.15, 0.2) is 0 Å². The Bertz CT molecular complexity index is 626. The second-order valence-electron chi connectivity index (χ2n) is 4.43. The number of pyridine rings is 1. The van der Waals surface area contributed by atoms with Crippen molar-refractivity contribution in [1.82, 2.24) is 4.98 Å². The van der Waals surface area contributed by atoms with Crippen molar-refractivity contribution in [3.63, 3.8) is 0 Å². The van der Waals surface area contributed by atoms with Crippen LogP contribution < -0.4 is 10.5 Å². The number of amidine groups is 1. The molecule has 0 amide bonds. The van der Waals surface area contributed by atoms with E-state index in [9.17, 15) is 0 Å². The lowest BCUT2D eigenvalue weighted by Crippen LogP contribution is -2.11. The van der Waals surface area contributed by atoms with Gasteiger partial charge in [0.05, 0.1) is 0 Å². The summed E-state index contributed by atoms with van der Waals surface area (Å²) in [4.78, 5) is 4.28. The summed E-state index contributed by atoms with van der Waals surface area (Å²) in [7, 11) is 0. The number of nitrogen functional groups attached to an aromatic ring is 1. The molecular weight excluding hydrogens is 254 g/mol. The van der Waals surface area contributed by atoms with Gasteiger partial charge in [0.1, 0.15) is 11.6 Å². The van der Waals surface area contributed by atoms with Gasteiger partial charge in [-0.15, -0.1) is 0 Å². The van der Waals surface area contributed by atoms with E-state index in [4.69, 9.17) is 21.0 Å². The molecule has 0 aliphatic rings. The van der Waals surface area contributed by atoms with Gasteiger partial charge in [-0.2, -0.15) is 0 Å². The number of para-hydroxylation sites is 1. The Morgan fingerprint density at radius 2 is 2.10 bits per heavy atom. The number of aliphatic hydroxyl groups excluding tert-OH is 1. The molecule has 1 aromatic carbocycles. The van der Waals surface area contributed by atoms with Crippen molar-refractivity contribution in [1.29, 1.82) is 5.41 Å². The van der Waals surface area contributed by atoms with E-state index >= 15 is 0 Å². The largest absolute Gasteiger partial charge is 0.439 e. The molecule has 104 valence electrons. The van der Waals surface area contributed by atoms with E-state index in [2.05, 4.69) is 4.98 Å². The Hall–Kier alpha value is -2.40. The molecule has 0 aliphatic heterocycles. The topological polar surface area (TPSA) is 92.2 Å². The Labute approximate surface area is 117 Å². The highest BCUT2D eigenvalue weighted by atomic mass is 16.5. The third kappa shape index (κ3) is 3.33. The van der Waals surface area contributed by atoms with Crippen molar-refractivity contribution in [2.45, 2.75) is 13.3 Å². The number of aliphatic hydroxyl groups is 1. The highest BCUT2D eigenvalue weighted by Gasteiger charge is 2.08. The molecular formula is C15H17N3O2. The maximum atomic E-state index is 9.06. The predicted molar refractivity (Wildman–Crippen MR) is 77.3 cm³/mol. The normalized spacial score (nSPS) is 10.3. The number of aromatic nitrogens is 1. The second-order valence-corrected chi connectivity index (χ2v) is 4.43. The van der Waals surface area contributed by atoms with Crippen LogP contribution in [0.15, 0.2) is 36.4 Å². The number of rotatable bonds is 5. The molecule has 4 N–H and O–H groups in total. The van der Waals surface area contributed by atoms with Crippen LogP contribution in [-0.4, -0.2) is 22.5 Å². The van der Waals surface area contributed by atoms with E-state index in [-0.39, 0.29) is 12.4 Å². The molecule has 0 fully saturated rings. The van der Waals surface area contributed by atoms with Gasteiger partial charge < -0.3 is 15.6 Å². The summed E-state index contributed by atoms with van der Waals surface area (Å²) < 4.78 is 5.76. The van der Waals surface area contributed by atoms with Crippen LogP contribution in [0, 0.1) is 12.3 Å². The van der Waals surface area contributed by atoms with Gasteiger partial charge >= 0.3 is 0 Å². The third-order valence-corrected chi connectivity index (χ3v) is 2.81. The summed E-state index contributed by atoms with van der Waals surface area (Å²) in [5.74, 6) is 1.01. The first-order chi connectivity index (χ1) is 9.60. The van der Waals surface area contributed by atoms with Crippen LogP contribution in [0.4, 0.5) is 0 Å². The minimum absolute atomic E-state index is 0.0241. The van der Waals surface area contributed by atoms with Crippen LogP contribution in [0.3, 0.4) is 0 Å². The van der Waals surface area contributed by atoms with Crippen LogP contribution >= 0.6 is 0 Å². The van der Waals surface area contributed by atoms with Gasteiger partial charge in [-0.25, -0.2) is 4.98 Å². The molecule has 0 saturated heterocycles. The quantitative estimate of drug-likeness (QED) is 0.573. The first-order valence-corrected chi connectivity index (χ1v) is 6.30. The average molecular weight is 271 g/mol. The number of ether oxygens (including phenoxy) is 1. The molecule has 0 aliphatic carbocycles. The summed E-state index contributed by atoms with van der Waals surface area (Å²) in [6.07, 6.45) is 0.515. The zero-order chi connectivity index (χ0) is 14.5. The van der Waals surface area contributed by atoms with Crippen molar-refractivity contribution in [2.24, 2.45) is 5.73 Å². The van der Waals surface area contributed by atoms with Crippen LogP contribution in [0.2, 0.25) is 0 Å². The highest BCUT2D eigenvalue weighted by Crippen LogP contribution is 2.25. The van der Waals surface area contributed by atoms with Gasteiger partial charge in [0, 0.05) is 23.9 Å². The Balaban J connectivity index is 2.32. The first kappa shape index (κ1) is 14.0. The minimum atomic E-state index is -0.0241. The fourth-order valence-electron chi connectivity index (χ4n) is 1.89. The fourth-order valence-corrected chi connectivity index (χ4v) is 1.89. The molecule has 0 atom stereocenters. The lowest BCUT2D eigenvalue weighted by atomic mass is 10.1. The van der Waals surface area contributed by atoms with Gasteiger partial charge in [-0.3, -0.25) is 5.41 Å². The van der Waals surface area contributed by atoms with Crippen molar-refractivity contribution in [3.05, 3.63) is 53.2 Å². The molecule has 5 heteroatoms. The molecule has 0 radical (unpaired) electrons. The molecule has 5 nitrogen and oxygen atoms in total. The summed E-state index contributed by atoms with van der Waals surface area (Å²) >= 11 is 0. The summed E-state index contributed by atoms with van der Waals surface area (Å²) in [6, 6.07) is 10.8. The highest BCUT2D eigenvalue weighted by molar-refractivity contribution is 5.95. The predicted octanol–water partition coefficient (Wildman–Crippen LogP) is 2.00. The molecule has 2 rings (SSSR count). The Morgan fingerprint density at radius 3 is 2.80 bits per heavy atom. The van der Waals surface area contributed by atoms with E-state index in [0.29, 0.717) is 23.6 Å². The molecule has 2 aromatic rings. The number of nitrogens with one attached hydrogen (secondary N) is 1. The van der Waals surface area contributed by atoms with Crippen LogP contribution in [0.25, 0.3) is 0 Å². The maximum Gasteiger partial charge on any atom is 0.220 e. The number of aryl methyl sites for hydroxylation is 1. The number of nitrogens with zero attached hydrogens (tertiary/aromatic N) is 1. The fraction of sp³-hybridized carbons (Fsp3) is 0.200. The first-order valence-electron chi connectivity index (χ1n) is 6.30. The zero-order valence-corrected chi connectivity index (χ0v) is 11.3. The molecule has 1 heterocycles. The lowest BCUT2D eigenvalue weighted by Gasteiger charge is -2.11. The van der Waals surface area contributed by atoms with E-state index in [1.165, 1.54) is 0 Å². The SMILES string of the molecule is Cc1cc(C(=N)N)cc(Oc2ccccc2CCO)n1. The maximum absolute atomic E-state index is 9.06. The van der Waals surface area contributed by atoms with Crippen molar-refractivity contribution < 1.29 is 9.84 Å². The molecule has 0 spiro atoms. The third-order valence-electron chi connectivity index (χ3n) is 2.81. The van der Waals surface area contributed by atoms with Crippen LogP contribution in [0.1, 0.15) is 16.8 Å². The van der Waals surface area contributed by atoms with Gasteiger partial charge in [0.2, 0.25) is 5.88 Å². The Kier molecular flexibility index (Phi) is 4.32. The summed E-state index contributed by atoms with van der Waals surface area (Å²) in [5, 5.41) is 16.5. The second kappa shape index (κ2) is 6.16. The Morgan fingerprint density at radius 1 is 1.35 bits per heavy atom. The van der Waals surface area contributed by atoms with Gasteiger partial charge in [0.25, 0.3) is 0 Å². The molecule has 20 heavy (non-hydrogen) atoms. The van der Waals surface area contributed by atoms with E-state index < -0.39 is 0 Å². The molecule has 1 aromatic heterocycles. The average Bonchev–Trinajstić information content (AvgIpc) is 2.40. The minimum Gasteiger partial charge on any atom is -0.439 e. The van der Waals surface area contributed by atoms with Crippen LogP contribution in [0.5, 0.6) is 11.6 Å². The summed E-state index contributed by atoms with van der Waals surface area (Å²) in [5.41, 5.74) is 7.70. The van der Waals surface area contributed by atoms with Gasteiger partial charge in [-0.1, -0.05) is 18.2 Å². The van der Waals surface area contributed by atoms with Crippen molar-refractivity contribution >= 4 is 5.84 Å². The van der Waals surface area contributed by atoms with E-state index in [1.54, 1.807) is 12.1 Å². The van der Waals surface area contributed by atoms with E-state index in [0.717, 1.165) is 11.3 Å². The molecule has 0 bridgehead atoms. The number of hydrogen-bond donors (Lipinski definition) is 3. The van der Waals surface area contributed by atoms with E-state index in [1.807, 2.05) is 31.2 Å². The zero-order valence-electron chi connectivity index (χ0n) is 11.3. The number of hydrogen-bond acceptors (Lipinski definition) is 4. The monoisotopic (exact) mass is 271 g/mol. The smallest absolute Gasteiger partial charge is 0.220 e. The number of benzene rings is 1. The summed E-state index contributed by atoms with van der Waals surface area (Å²) in [6.45, 7) is 1.87. The van der Waals surface area contributed by atoms with Crippen molar-refractivity contribution in [2.75, 3.05) is 6.61 Å². The van der Waals surface area contributed by atoms with Crippen molar-refractivity contribution in [3.8, 4) is 11.6 Å². The van der Waals surface area contributed by atoms with Crippen LogP contribution in [-0.2, 0) is 6.42 Å². The number of nitrogens with two attached hydrogens (primary N) is 1. The standard InChI is InChI=1S/C15H17N3O2/c1-10-8-12(15(16)17)9-14(18-10)20-13-5-3-2-4-11(13)6-7-19/h2-5,8-9,19H,6-7H2,1H3,(H3,16,17).